The Kier molecular flexibility index (Phi) is 1.80. The second-order valence-electron chi connectivity index (χ2n) is 2.74. The molecular formula is C9H10N2O. The molecule has 62 valence electrons. The van der Waals surface area contributed by atoms with Gasteiger partial charge in [-0.2, -0.15) is 0 Å². The van der Waals surface area contributed by atoms with Crippen LogP contribution in [0.25, 0.3) is 0 Å². The molecule has 1 heterocycles. The second-order valence-corrected chi connectivity index (χ2v) is 2.74. The van der Waals surface area contributed by atoms with Crippen LogP contribution in [0.3, 0.4) is 0 Å². The molecule has 0 bridgehead atoms. The van der Waals surface area contributed by atoms with Crippen LogP contribution in [0.1, 0.15) is 5.56 Å². The topological polar surface area (TPSA) is 47.6 Å². The lowest BCUT2D eigenvalue weighted by Crippen LogP contribution is -2.20. The lowest BCUT2D eigenvalue weighted by molar-refractivity contribution is 0.329. The van der Waals surface area contributed by atoms with E-state index in [1.807, 2.05) is 24.3 Å². The highest BCUT2D eigenvalue weighted by Gasteiger charge is 2.11. The minimum atomic E-state index is 0.467. The summed E-state index contributed by atoms with van der Waals surface area (Å²) in [5, 5.41) is 3.88. The summed E-state index contributed by atoms with van der Waals surface area (Å²) in [6.07, 6.45) is 0.812. The van der Waals surface area contributed by atoms with Crippen molar-refractivity contribution in [3.05, 3.63) is 29.8 Å². The van der Waals surface area contributed by atoms with Crippen molar-refractivity contribution in [2.24, 2.45) is 10.9 Å². The molecule has 0 atom stereocenters. The van der Waals surface area contributed by atoms with Crippen molar-refractivity contribution >= 4 is 5.71 Å². The van der Waals surface area contributed by atoms with Gasteiger partial charge in [0.15, 0.2) is 5.75 Å². The minimum Gasteiger partial charge on any atom is -0.357 e. The van der Waals surface area contributed by atoms with Crippen LogP contribution in [-0.4, -0.2) is 12.3 Å². The molecule has 0 amide bonds. The van der Waals surface area contributed by atoms with E-state index in [2.05, 4.69) is 5.16 Å². The van der Waals surface area contributed by atoms with Crippen molar-refractivity contribution in [1.82, 2.24) is 0 Å². The normalized spacial score (nSPS) is 14.6. The maximum absolute atomic E-state index is 5.45. The van der Waals surface area contributed by atoms with Crippen molar-refractivity contribution in [2.45, 2.75) is 6.42 Å². The molecule has 0 saturated carbocycles. The molecule has 12 heavy (non-hydrogen) atoms. The van der Waals surface area contributed by atoms with Gasteiger partial charge in [-0.3, -0.25) is 0 Å². The van der Waals surface area contributed by atoms with Gasteiger partial charge in [0.25, 0.3) is 0 Å². The summed E-state index contributed by atoms with van der Waals surface area (Å²) in [6.45, 7) is 0.467. The Hall–Kier alpha value is -1.35. The first-order chi connectivity index (χ1) is 5.90. The van der Waals surface area contributed by atoms with Crippen LogP contribution in [0, 0.1) is 0 Å². The maximum atomic E-state index is 5.45. The maximum Gasteiger partial charge on any atom is 0.161 e. The SMILES string of the molecule is NCC1=NOc2ccccc2C1. The van der Waals surface area contributed by atoms with Crippen LogP contribution in [0.2, 0.25) is 0 Å². The standard InChI is InChI=1S/C9H10N2O/c10-6-8-5-7-3-1-2-4-9(7)12-11-8/h1-4H,5-6,10H2. The van der Waals surface area contributed by atoms with Gasteiger partial charge in [0.1, 0.15) is 0 Å². The Morgan fingerprint density at radius 2 is 2.25 bits per heavy atom. The molecule has 1 aliphatic rings. The molecule has 0 aromatic heterocycles. The Morgan fingerprint density at radius 3 is 3.08 bits per heavy atom. The van der Waals surface area contributed by atoms with E-state index in [1.165, 1.54) is 0 Å². The summed E-state index contributed by atoms with van der Waals surface area (Å²) < 4.78 is 0. The van der Waals surface area contributed by atoms with Crippen LogP contribution in [0.5, 0.6) is 5.75 Å². The first kappa shape index (κ1) is 7.31. The summed E-state index contributed by atoms with van der Waals surface area (Å²) in [5.74, 6) is 0.842. The van der Waals surface area contributed by atoms with E-state index in [1.54, 1.807) is 0 Å². The number of rotatable bonds is 1. The average molecular weight is 162 g/mol. The highest BCUT2D eigenvalue weighted by molar-refractivity contribution is 5.89. The zero-order chi connectivity index (χ0) is 8.39. The lowest BCUT2D eigenvalue weighted by atomic mass is 10.1. The summed E-state index contributed by atoms with van der Waals surface area (Å²) in [6, 6.07) is 7.86. The highest BCUT2D eigenvalue weighted by Crippen LogP contribution is 2.22. The number of nitrogens with two attached hydrogens (primary N) is 1. The predicted octanol–water partition coefficient (Wildman–Crippen LogP) is 0.936. The van der Waals surface area contributed by atoms with E-state index in [0.717, 1.165) is 23.4 Å². The number of benzene rings is 1. The third-order valence-corrected chi connectivity index (χ3v) is 1.88. The molecule has 3 heteroatoms. The Labute approximate surface area is 70.8 Å². The van der Waals surface area contributed by atoms with Crippen molar-refractivity contribution in [3.63, 3.8) is 0 Å². The molecular weight excluding hydrogens is 152 g/mol. The van der Waals surface area contributed by atoms with Gasteiger partial charge in [-0.1, -0.05) is 23.4 Å². The van der Waals surface area contributed by atoms with Crippen LogP contribution < -0.4 is 10.6 Å². The smallest absolute Gasteiger partial charge is 0.161 e. The monoisotopic (exact) mass is 162 g/mol. The third kappa shape index (κ3) is 1.19. The summed E-state index contributed by atoms with van der Waals surface area (Å²) >= 11 is 0. The third-order valence-electron chi connectivity index (χ3n) is 1.88. The first-order valence-corrected chi connectivity index (χ1v) is 3.91. The Morgan fingerprint density at radius 1 is 1.42 bits per heavy atom. The molecule has 0 saturated heterocycles. The second kappa shape index (κ2) is 2.95. The fourth-order valence-electron chi connectivity index (χ4n) is 1.21. The molecule has 0 aliphatic carbocycles. The van der Waals surface area contributed by atoms with Gasteiger partial charge < -0.3 is 10.6 Å². The number of nitrogens with zero attached hydrogens (tertiary/aromatic N) is 1. The van der Waals surface area contributed by atoms with Gasteiger partial charge in [-0.05, 0) is 6.07 Å². The van der Waals surface area contributed by atoms with Crippen molar-refractivity contribution in [1.29, 1.82) is 0 Å². The Balaban J connectivity index is 2.31. The summed E-state index contributed by atoms with van der Waals surface area (Å²) in [5.41, 5.74) is 7.51. The van der Waals surface area contributed by atoms with Gasteiger partial charge in [-0.15, -0.1) is 0 Å². The van der Waals surface area contributed by atoms with Gasteiger partial charge in [0.2, 0.25) is 0 Å². The number of para-hydroxylation sites is 1. The average Bonchev–Trinajstić information content (AvgIpc) is 2.17. The fourth-order valence-corrected chi connectivity index (χ4v) is 1.21. The molecule has 2 N–H and O–H groups in total. The molecule has 0 unspecified atom stereocenters. The minimum absolute atomic E-state index is 0.467. The number of oxime groups is 1. The molecule has 0 spiro atoms. The van der Waals surface area contributed by atoms with Gasteiger partial charge >= 0.3 is 0 Å². The summed E-state index contributed by atoms with van der Waals surface area (Å²) in [7, 11) is 0. The molecule has 1 aromatic rings. The van der Waals surface area contributed by atoms with Crippen molar-refractivity contribution < 1.29 is 4.84 Å². The lowest BCUT2D eigenvalue weighted by Gasteiger charge is -2.13. The molecule has 0 fully saturated rings. The highest BCUT2D eigenvalue weighted by atomic mass is 16.6. The van der Waals surface area contributed by atoms with Gasteiger partial charge in [0, 0.05) is 18.5 Å². The largest absolute Gasteiger partial charge is 0.357 e. The van der Waals surface area contributed by atoms with E-state index in [-0.39, 0.29) is 0 Å². The number of hydrogen-bond donors (Lipinski definition) is 1. The fraction of sp³-hybridized carbons (Fsp3) is 0.222. The van der Waals surface area contributed by atoms with Crippen LogP contribution in [0.15, 0.2) is 29.4 Å². The van der Waals surface area contributed by atoms with E-state index in [9.17, 15) is 0 Å². The Bertz CT molecular complexity index is 320. The van der Waals surface area contributed by atoms with E-state index >= 15 is 0 Å². The zero-order valence-electron chi connectivity index (χ0n) is 6.66. The van der Waals surface area contributed by atoms with Crippen LogP contribution >= 0.6 is 0 Å². The van der Waals surface area contributed by atoms with E-state index in [4.69, 9.17) is 10.6 Å². The van der Waals surface area contributed by atoms with Crippen molar-refractivity contribution in [2.75, 3.05) is 6.54 Å². The first-order valence-electron chi connectivity index (χ1n) is 3.91. The van der Waals surface area contributed by atoms with Gasteiger partial charge in [-0.25, -0.2) is 0 Å². The van der Waals surface area contributed by atoms with E-state index < -0.39 is 0 Å². The predicted molar refractivity (Wildman–Crippen MR) is 47.3 cm³/mol. The number of fused-ring (bicyclic) bond motifs is 1. The molecule has 1 aromatic carbocycles. The van der Waals surface area contributed by atoms with Gasteiger partial charge in [0.05, 0.1) is 5.71 Å². The zero-order valence-corrected chi connectivity index (χ0v) is 6.66. The molecule has 3 nitrogen and oxygen atoms in total. The molecule has 1 aliphatic heterocycles. The molecule has 0 radical (unpaired) electrons. The van der Waals surface area contributed by atoms with E-state index in [0.29, 0.717) is 6.54 Å². The summed E-state index contributed by atoms with van der Waals surface area (Å²) in [4.78, 5) is 5.13. The quantitative estimate of drug-likeness (QED) is 0.668. The van der Waals surface area contributed by atoms with Crippen molar-refractivity contribution in [3.8, 4) is 5.75 Å². The van der Waals surface area contributed by atoms with Crippen LogP contribution in [0.4, 0.5) is 0 Å². The van der Waals surface area contributed by atoms with Crippen LogP contribution in [-0.2, 0) is 6.42 Å². The number of hydrogen-bond acceptors (Lipinski definition) is 3. The molecule has 2 rings (SSSR count).